The quantitative estimate of drug-likeness (QED) is 0.619. The molecule has 4 rings (SSSR count). The molecule has 1 saturated heterocycles. The summed E-state index contributed by atoms with van der Waals surface area (Å²) in [5.74, 6) is 0. The lowest BCUT2D eigenvalue weighted by atomic mass is 9.97. The second-order valence-corrected chi connectivity index (χ2v) is 5.05. The maximum Gasteiger partial charge on any atom is 0.152 e. The first kappa shape index (κ1) is 11.9. The summed E-state index contributed by atoms with van der Waals surface area (Å²) in [7, 11) is 0. The molecule has 2 heteroatoms. The van der Waals surface area contributed by atoms with E-state index in [1.54, 1.807) is 0 Å². The highest BCUT2D eigenvalue weighted by molar-refractivity contribution is 6.00. The van der Waals surface area contributed by atoms with Gasteiger partial charge in [0, 0.05) is 0 Å². The molecule has 1 radical (unpaired) electrons. The van der Waals surface area contributed by atoms with Gasteiger partial charge in [0.05, 0.1) is 19.8 Å². The first-order valence-electron chi connectivity index (χ1n) is 6.90. The van der Waals surface area contributed by atoms with Crippen LogP contribution in [0.4, 0.5) is 0 Å². The molecule has 0 aliphatic carbocycles. The van der Waals surface area contributed by atoms with E-state index in [1.165, 1.54) is 21.5 Å². The van der Waals surface area contributed by atoms with Crippen LogP contribution in [0.25, 0.3) is 21.5 Å². The predicted octanol–water partition coefficient (Wildman–Crippen LogP) is 3.92. The predicted molar refractivity (Wildman–Crippen MR) is 80.6 cm³/mol. The summed E-state index contributed by atoms with van der Waals surface area (Å²) in [6, 6.07) is 19.3. The second-order valence-electron chi connectivity index (χ2n) is 5.05. The van der Waals surface area contributed by atoms with E-state index in [4.69, 9.17) is 9.47 Å². The standard InChI is InChI=1S/C18H15O2/c1-2-5-14-11-17-15(10-13(14)4-1)6-3-7-16(17)18-12-19-8-9-20-18/h1-7,10-11H,8-9,12H2. The zero-order valence-corrected chi connectivity index (χ0v) is 11.1. The van der Waals surface area contributed by atoms with Gasteiger partial charge in [-0.3, -0.25) is 0 Å². The Morgan fingerprint density at radius 1 is 0.750 bits per heavy atom. The number of fused-ring (bicyclic) bond motifs is 2. The van der Waals surface area contributed by atoms with Crippen molar-refractivity contribution in [2.75, 3.05) is 19.8 Å². The van der Waals surface area contributed by atoms with Gasteiger partial charge in [-0.25, -0.2) is 0 Å². The van der Waals surface area contributed by atoms with Crippen LogP contribution in [0.5, 0.6) is 0 Å². The van der Waals surface area contributed by atoms with E-state index in [-0.39, 0.29) is 0 Å². The fourth-order valence-electron chi connectivity index (χ4n) is 2.80. The Morgan fingerprint density at radius 2 is 1.55 bits per heavy atom. The van der Waals surface area contributed by atoms with Crippen molar-refractivity contribution in [1.29, 1.82) is 0 Å². The minimum absolute atomic E-state index is 0.561. The summed E-state index contributed by atoms with van der Waals surface area (Å²) >= 11 is 0. The fourth-order valence-corrected chi connectivity index (χ4v) is 2.80. The van der Waals surface area contributed by atoms with E-state index in [0.717, 1.165) is 11.7 Å². The van der Waals surface area contributed by atoms with Crippen molar-refractivity contribution in [3.8, 4) is 0 Å². The highest BCUT2D eigenvalue weighted by Gasteiger charge is 2.20. The van der Waals surface area contributed by atoms with Crippen LogP contribution in [0.3, 0.4) is 0 Å². The Morgan fingerprint density at radius 3 is 2.35 bits per heavy atom. The molecule has 0 aromatic heterocycles. The number of hydrogen-bond donors (Lipinski definition) is 0. The van der Waals surface area contributed by atoms with Crippen molar-refractivity contribution >= 4 is 21.5 Å². The Hall–Kier alpha value is -1.90. The molecule has 0 amide bonds. The molecule has 1 heterocycles. The first-order valence-corrected chi connectivity index (χ1v) is 6.90. The molecular weight excluding hydrogens is 248 g/mol. The lowest BCUT2D eigenvalue weighted by Crippen LogP contribution is -2.22. The minimum atomic E-state index is 0.561. The monoisotopic (exact) mass is 263 g/mol. The Balaban J connectivity index is 1.94. The molecule has 1 aliphatic heterocycles. The van der Waals surface area contributed by atoms with Crippen molar-refractivity contribution in [3.63, 3.8) is 0 Å². The van der Waals surface area contributed by atoms with Crippen LogP contribution in [0.15, 0.2) is 54.6 Å². The molecule has 0 saturated carbocycles. The Bertz CT molecular complexity index is 758. The molecule has 99 valence electrons. The summed E-state index contributed by atoms with van der Waals surface area (Å²) in [5.41, 5.74) is 1.15. The molecule has 2 nitrogen and oxygen atoms in total. The van der Waals surface area contributed by atoms with Gasteiger partial charge in [0.25, 0.3) is 0 Å². The number of benzene rings is 3. The largest absolute Gasteiger partial charge is 0.376 e. The van der Waals surface area contributed by atoms with Crippen LogP contribution < -0.4 is 0 Å². The molecule has 0 N–H and O–H groups in total. The van der Waals surface area contributed by atoms with Crippen LogP contribution in [0.1, 0.15) is 5.56 Å². The van der Waals surface area contributed by atoms with E-state index in [9.17, 15) is 0 Å². The number of hydrogen-bond acceptors (Lipinski definition) is 2. The maximum atomic E-state index is 5.78. The van der Waals surface area contributed by atoms with Crippen LogP contribution in [-0.4, -0.2) is 19.8 Å². The van der Waals surface area contributed by atoms with Gasteiger partial charge in [-0.1, -0.05) is 42.5 Å². The Kier molecular flexibility index (Phi) is 2.91. The Labute approximate surface area is 117 Å². The van der Waals surface area contributed by atoms with Crippen LogP contribution >= 0.6 is 0 Å². The molecule has 0 spiro atoms. The van der Waals surface area contributed by atoms with Crippen molar-refractivity contribution in [3.05, 3.63) is 66.3 Å². The third-order valence-electron chi connectivity index (χ3n) is 3.78. The maximum absolute atomic E-state index is 5.78. The van der Waals surface area contributed by atoms with E-state index in [1.807, 2.05) is 0 Å². The summed E-state index contributed by atoms with van der Waals surface area (Å²) in [6.07, 6.45) is 0.942. The summed E-state index contributed by atoms with van der Waals surface area (Å²) in [4.78, 5) is 0. The smallest absolute Gasteiger partial charge is 0.152 e. The zero-order chi connectivity index (χ0) is 13.4. The number of rotatable bonds is 1. The topological polar surface area (TPSA) is 18.5 Å². The van der Waals surface area contributed by atoms with E-state index in [2.05, 4.69) is 54.6 Å². The van der Waals surface area contributed by atoms with Crippen LogP contribution in [0.2, 0.25) is 0 Å². The number of ether oxygens (including phenoxy) is 2. The molecule has 20 heavy (non-hydrogen) atoms. The van der Waals surface area contributed by atoms with Gasteiger partial charge in [-0.15, -0.1) is 0 Å². The van der Waals surface area contributed by atoms with Gasteiger partial charge in [-0.05, 0) is 39.2 Å². The SMILES string of the molecule is c1ccc2cc3c([C]4COCCO4)cccc3cc2c1. The van der Waals surface area contributed by atoms with E-state index >= 15 is 0 Å². The van der Waals surface area contributed by atoms with Crippen molar-refractivity contribution in [1.82, 2.24) is 0 Å². The lowest BCUT2D eigenvalue weighted by Gasteiger charge is -2.23. The molecule has 1 aliphatic rings. The molecule has 3 aromatic rings. The van der Waals surface area contributed by atoms with Gasteiger partial charge in [0.15, 0.2) is 6.10 Å². The van der Waals surface area contributed by atoms with Gasteiger partial charge < -0.3 is 9.47 Å². The summed E-state index contributed by atoms with van der Waals surface area (Å²) < 4.78 is 11.3. The molecule has 0 bridgehead atoms. The highest BCUT2D eigenvalue weighted by atomic mass is 16.6. The first-order chi connectivity index (χ1) is 9.92. The van der Waals surface area contributed by atoms with Gasteiger partial charge in [-0.2, -0.15) is 0 Å². The average molecular weight is 263 g/mol. The third kappa shape index (κ3) is 1.98. The summed E-state index contributed by atoms with van der Waals surface area (Å²) in [6.45, 7) is 1.88. The molecular formula is C18H15O2. The lowest BCUT2D eigenvalue weighted by molar-refractivity contribution is -0.0178. The summed E-state index contributed by atoms with van der Waals surface area (Å²) in [5, 5.41) is 4.99. The van der Waals surface area contributed by atoms with Crippen molar-refractivity contribution in [2.45, 2.75) is 0 Å². The fraction of sp³-hybridized carbons (Fsp3) is 0.167. The van der Waals surface area contributed by atoms with Crippen molar-refractivity contribution in [2.24, 2.45) is 0 Å². The van der Waals surface area contributed by atoms with Gasteiger partial charge in [0.2, 0.25) is 0 Å². The normalized spacial score (nSPS) is 16.8. The molecule has 1 fully saturated rings. The molecule has 0 atom stereocenters. The van der Waals surface area contributed by atoms with Crippen molar-refractivity contribution < 1.29 is 9.47 Å². The van der Waals surface area contributed by atoms with Crippen LogP contribution in [-0.2, 0) is 9.47 Å². The zero-order valence-electron chi connectivity index (χ0n) is 11.1. The highest BCUT2D eigenvalue weighted by Crippen LogP contribution is 2.30. The average Bonchev–Trinajstić information content (AvgIpc) is 2.53. The second kappa shape index (κ2) is 4.89. The minimum Gasteiger partial charge on any atom is -0.376 e. The van der Waals surface area contributed by atoms with Gasteiger partial charge >= 0.3 is 0 Å². The van der Waals surface area contributed by atoms with Crippen LogP contribution in [0, 0.1) is 6.10 Å². The molecule has 3 aromatic carbocycles. The van der Waals surface area contributed by atoms with E-state index in [0.29, 0.717) is 19.8 Å². The third-order valence-corrected chi connectivity index (χ3v) is 3.78. The molecule has 0 unspecified atom stereocenters. The van der Waals surface area contributed by atoms with Gasteiger partial charge in [0.1, 0.15) is 0 Å². The van der Waals surface area contributed by atoms with E-state index < -0.39 is 0 Å².